The summed E-state index contributed by atoms with van der Waals surface area (Å²) in [7, 11) is 0. The van der Waals surface area contributed by atoms with E-state index in [4.69, 9.17) is 20.4 Å². The van der Waals surface area contributed by atoms with Crippen molar-refractivity contribution in [2.45, 2.75) is 24.4 Å². The minimum Gasteiger partial charge on any atom is -0.393 e. The highest BCUT2D eigenvalue weighted by Crippen LogP contribution is 2.05. The van der Waals surface area contributed by atoms with Gasteiger partial charge in [-0.1, -0.05) is 0 Å². The Hall–Kier alpha value is -0.570. The van der Waals surface area contributed by atoms with Crippen molar-refractivity contribution < 1.29 is 30.1 Å². The molecule has 0 rings (SSSR count). The van der Waals surface area contributed by atoms with Crippen molar-refractivity contribution in [2.24, 2.45) is 5.90 Å². The van der Waals surface area contributed by atoms with Crippen LogP contribution in [0.1, 0.15) is 0 Å². The molecule has 0 radical (unpaired) electrons. The lowest BCUT2D eigenvalue weighted by atomic mass is 10.0. The van der Waals surface area contributed by atoms with E-state index in [-0.39, 0.29) is 6.29 Å². The largest absolute Gasteiger partial charge is 0.393 e. The number of aliphatic hydroxyl groups is 4. The zero-order valence-corrected chi connectivity index (χ0v) is 6.78. The fourth-order valence-corrected chi connectivity index (χ4v) is 0.734. The van der Waals surface area contributed by atoms with Gasteiger partial charge in [0.05, 0.1) is 6.61 Å². The number of aldehydes is 1. The number of hydrogen-bond acceptors (Lipinski definition) is 7. The van der Waals surface area contributed by atoms with Crippen LogP contribution < -0.4 is 5.90 Å². The second-order valence-corrected chi connectivity index (χ2v) is 2.46. The van der Waals surface area contributed by atoms with Crippen LogP contribution >= 0.6 is 0 Å². The topological polar surface area (TPSA) is 133 Å². The lowest BCUT2D eigenvalue weighted by Crippen LogP contribution is -2.48. The first-order valence-electron chi connectivity index (χ1n) is 3.54. The molecule has 4 atom stereocenters. The summed E-state index contributed by atoms with van der Waals surface area (Å²) in [5.41, 5.74) is 0. The summed E-state index contributed by atoms with van der Waals surface area (Å²) in [6.07, 6.45) is -6.30. The third kappa shape index (κ3) is 3.35. The Labute approximate surface area is 74.3 Å². The fraction of sp³-hybridized carbons (Fsp3) is 0.833. The van der Waals surface area contributed by atoms with Crippen LogP contribution in [0, 0.1) is 0 Å². The molecular weight excluding hydrogens is 182 g/mol. The maximum Gasteiger partial charge on any atom is 0.151 e. The SMILES string of the molecule is NO[C@H](CO)[C@@H](O)[C@H](O)[C@@H](O)C=O. The molecule has 0 bridgehead atoms. The molecule has 0 amide bonds. The molecule has 0 spiro atoms. The molecular formula is C6H13NO6. The van der Waals surface area contributed by atoms with Gasteiger partial charge in [0.2, 0.25) is 0 Å². The van der Waals surface area contributed by atoms with Gasteiger partial charge in [-0.2, -0.15) is 0 Å². The highest BCUT2D eigenvalue weighted by Gasteiger charge is 2.31. The highest BCUT2D eigenvalue weighted by atomic mass is 16.6. The zero-order valence-electron chi connectivity index (χ0n) is 6.78. The first kappa shape index (κ1) is 12.4. The van der Waals surface area contributed by atoms with Gasteiger partial charge in [-0.3, -0.25) is 4.84 Å². The van der Waals surface area contributed by atoms with Crippen LogP contribution in [-0.4, -0.2) is 57.7 Å². The predicted molar refractivity (Wildman–Crippen MR) is 40.2 cm³/mol. The number of carbonyl (C=O) groups is 1. The third-order valence-electron chi connectivity index (χ3n) is 1.57. The summed E-state index contributed by atoms with van der Waals surface area (Å²) < 4.78 is 0. The molecule has 0 aromatic carbocycles. The number of hydrogen-bond donors (Lipinski definition) is 5. The molecule has 78 valence electrons. The van der Waals surface area contributed by atoms with Gasteiger partial charge in [0.1, 0.15) is 24.4 Å². The Balaban J connectivity index is 4.20. The van der Waals surface area contributed by atoms with Crippen molar-refractivity contribution in [3.63, 3.8) is 0 Å². The minimum atomic E-state index is -1.74. The molecule has 6 N–H and O–H groups in total. The van der Waals surface area contributed by atoms with Crippen molar-refractivity contribution >= 4 is 6.29 Å². The van der Waals surface area contributed by atoms with Crippen molar-refractivity contribution in [2.75, 3.05) is 6.61 Å². The predicted octanol–water partition coefficient (Wildman–Crippen LogP) is -3.48. The summed E-state index contributed by atoms with van der Waals surface area (Å²) in [4.78, 5) is 14.1. The molecule has 0 aromatic heterocycles. The van der Waals surface area contributed by atoms with E-state index in [1.807, 2.05) is 0 Å². The quantitative estimate of drug-likeness (QED) is 0.219. The third-order valence-corrected chi connectivity index (χ3v) is 1.57. The zero-order chi connectivity index (χ0) is 10.4. The standard InChI is InChI=1S/C6H13NO6/c7-13-4(2-9)6(12)5(11)3(10)1-8/h1,3-6,9-12H,2,7H2/t3-,4+,5+,6+/m0/s1. The van der Waals surface area contributed by atoms with Crippen LogP contribution in [0.2, 0.25) is 0 Å². The van der Waals surface area contributed by atoms with Crippen molar-refractivity contribution in [1.82, 2.24) is 0 Å². The van der Waals surface area contributed by atoms with E-state index >= 15 is 0 Å². The number of nitrogens with two attached hydrogens (primary N) is 1. The van der Waals surface area contributed by atoms with Crippen LogP contribution in [0.25, 0.3) is 0 Å². The second kappa shape index (κ2) is 5.97. The van der Waals surface area contributed by atoms with Crippen LogP contribution in [0.4, 0.5) is 0 Å². The van der Waals surface area contributed by atoms with E-state index < -0.39 is 31.0 Å². The summed E-state index contributed by atoms with van der Waals surface area (Å²) in [5.74, 6) is 4.66. The van der Waals surface area contributed by atoms with Crippen LogP contribution in [0.5, 0.6) is 0 Å². The average Bonchev–Trinajstić information content (AvgIpc) is 2.17. The van der Waals surface area contributed by atoms with Crippen LogP contribution in [0.3, 0.4) is 0 Å². The van der Waals surface area contributed by atoms with Crippen molar-refractivity contribution in [3.8, 4) is 0 Å². The van der Waals surface area contributed by atoms with E-state index in [2.05, 4.69) is 10.7 Å². The molecule has 0 saturated heterocycles. The van der Waals surface area contributed by atoms with Gasteiger partial charge in [-0.15, -0.1) is 0 Å². The fourth-order valence-electron chi connectivity index (χ4n) is 0.734. The number of aliphatic hydroxyl groups excluding tert-OH is 4. The maximum atomic E-state index is 9.99. The van der Waals surface area contributed by atoms with Gasteiger partial charge < -0.3 is 25.2 Å². The van der Waals surface area contributed by atoms with E-state index in [1.165, 1.54) is 0 Å². The Morgan fingerprint density at radius 2 is 1.85 bits per heavy atom. The molecule has 0 saturated carbocycles. The monoisotopic (exact) mass is 195 g/mol. The lowest BCUT2D eigenvalue weighted by molar-refractivity contribution is -0.145. The van der Waals surface area contributed by atoms with Gasteiger partial charge in [-0.25, -0.2) is 5.90 Å². The molecule has 13 heavy (non-hydrogen) atoms. The number of carbonyl (C=O) groups excluding carboxylic acids is 1. The second-order valence-electron chi connectivity index (χ2n) is 2.46. The van der Waals surface area contributed by atoms with Gasteiger partial charge in [0.15, 0.2) is 6.29 Å². The summed E-state index contributed by atoms with van der Waals surface area (Å²) in [6.45, 7) is -0.639. The molecule has 7 nitrogen and oxygen atoms in total. The molecule has 0 fully saturated rings. The summed E-state index contributed by atoms with van der Waals surface area (Å²) in [6, 6.07) is 0. The van der Waals surface area contributed by atoms with E-state index in [0.29, 0.717) is 0 Å². The van der Waals surface area contributed by atoms with Gasteiger partial charge >= 0.3 is 0 Å². The Bertz CT molecular complexity index is 150. The first-order chi connectivity index (χ1) is 6.08. The van der Waals surface area contributed by atoms with E-state index in [0.717, 1.165) is 0 Å². The van der Waals surface area contributed by atoms with Crippen LogP contribution in [0.15, 0.2) is 0 Å². The summed E-state index contributed by atoms with van der Waals surface area (Å²) >= 11 is 0. The van der Waals surface area contributed by atoms with E-state index in [1.54, 1.807) is 0 Å². The van der Waals surface area contributed by atoms with Gasteiger partial charge in [0.25, 0.3) is 0 Å². The molecule has 7 heteroatoms. The molecule has 0 aliphatic rings. The molecule has 0 aliphatic carbocycles. The first-order valence-corrected chi connectivity index (χ1v) is 3.54. The summed E-state index contributed by atoms with van der Waals surface area (Å²) in [5, 5.41) is 35.5. The lowest BCUT2D eigenvalue weighted by Gasteiger charge is -2.24. The molecule has 0 heterocycles. The van der Waals surface area contributed by atoms with Crippen molar-refractivity contribution in [3.05, 3.63) is 0 Å². The van der Waals surface area contributed by atoms with E-state index in [9.17, 15) is 4.79 Å². The van der Waals surface area contributed by atoms with Gasteiger partial charge in [-0.05, 0) is 0 Å². The normalized spacial score (nSPS) is 20.4. The minimum absolute atomic E-state index is 0.0544. The Kier molecular flexibility index (Phi) is 5.71. The van der Waals surface area contributed by atoms with Gasteiger partial charge in [0, 0.05) is 0 Å². The molecule has 0 unspecified atom stereocenters. The average molecular weight is 195 g/mol. The highest BCUT2D eigenvalue weighted by molar-refractivity contribution is 5.56. The smallest absolute Gasteiger partial charge is 0.151 e. The van der Waals surface area contributed by atoms with Crippen molar-refractivity contribution in [1.29, 1.82) is 0 Å². The maximum absolute atomic E-state index is 9.99. The molecule has 0 aromatic rings. The Morgan fingerprint density at radius 3 is 2.15 bits per heavy atom. The molecule has 0 aliphatic heterocycles. The van der Waals surface area contributed by atoms with Crippen LogP contribution in [-0.2, 0) is 9.63 Å². The Morgan fingerprint density at radius 1 is 1.31 bits per heavy atom. The number of rotatable bonds is 6.